The first-order valence-corrected chi connectivity index (χ1v) is 6.31. The predicted octanol–water partition coefficient (Wildman–Crippen LogP) is 5.31. The van der Waals surface area contributed by atoms with Crippen molar-refractivity contribution in [3.63, 3.8) is 0 Å². The Morgan fingerprint density at radius 2 is 1.60 bits per heavy atom. The molecule has 0 saturated carbocycles. The Hall–Kier alpha value is -1.17. The molecule has 8 heteroatoms. The van der Waals surface area contributed by atoms with E-state index in [2.05, 4.69) is 4.98 Å². The normalized spacial score (nSPS) is 11.7. The second-order valence-electron chi connectivity index (χ2n) is 3.86. The third-order valence-electron chi connectivity index (χ3n) is 2.57. The minimum atomic E-state index is -4.60. The van der Waals surface area contributed by atoms with E-state index in [-0.39, 0.29) is 32.0 Å². The van der Waals surface area contributed by atoms with Gasteiger partial charge in [-0.15, -0.1) is 0 Å². The van der Waals surface area contributed by atoms with Crippen LogP contribution in [0.15, 0.2) is 24.4 Å². The number of hydrogen-bond donors (Lipinski definition) is 1. The summed E-state index contributed by atoms with van der Waals surface area (Å²) in [5.74, 6) is -0.292. The van der Waals surface area contributed by atoms with Crippen molar-refractivity contribution in [1.29, 1.82) is 0 Å². The number of nitrogen functional groups attached to an aromatic ring is 1. The summed E-state index contributed by atoms with van der Waals surface area (Å²) in [5.41, 5.74) is 4.33. The first-order chi connectivity index (χ1) is 9.21. The van der Waals surface area contributed by atoms with Crippen molar-refractivity contribution in [2.45, 2.75) is 6.18 Å². The number of pyridine rings is 1. The van der Waals surface area contributed by atoms with Crippen LogP contribution in [0.1, 0.15) is 5.56 Å². The quantitative estimate of drug-likeness (QED) is 0.714. The highest BCUT2D eigenvalue weighted by molar-refractivity contribution is 6.44. The van der Waals surface area contributed by atoms with Crippen LogP contribution in [0, 0.1) is 0 Å². The first kappa shape index (κ1) is 15.2. The van der Waals surface area contributed by atoms with Crippen molar-refractivity contribution >= 4 is 40.6 Å². The summed E-state index contributed by atoms with van der Waals surface area (Å²) in [5, 5.41) is 0.212. The van der Waals surface area contributed by atoms with Gasteiger partial charge in [-0.1, -0.05) is 34.8 Å². The van der Waals surface area contributed by atoms with Gasteiger partial charge in [0.25, 0.3) is 0 Å². The average Bonchev–Trinajstić information content (AvgIpc) is 2.33. The molecule has 0 aliphatic carbocycles. The van der Waals surface area contributed by atoms with Gasteiger partial charge in [0.1, 0.15) is 5.82 Å². The molecule has 2 aromatic rings. The van der Waals surface area contributed by atoms with Gasteiger partial charge in [0, 0.05) is 17.3 Å². The van der Waals surface area contributed by atoms with Crippen molar-refractivity contribution in [1.82, 2.24) is 4.98 Å². The third-order valence-corrected chi connectivity index (χ3v) is 3.60. The summed E-state index contributed by atoms with van der Waals surface area (Å²) in [6.07, 6.45) is -3.62. The van der Waals surface area contributed by atoms with Gasteiger partial charge in [-0.2, -0.15) is 13.2 Å². The monoisotopic (exact) mass is 340 g/mol. The number of anilines is 1. The van der Waals surface area contributed by atoms with Crippen LogP contribution in [0.2, 0.25) is 15.1 Å². The van der Waals surface area contributed by atoms with Crippen LogP contribution in [0.5, 0.6) is 0 Å². The largest absolute Gasteiger partial charge is 0.417 e. The van der Waals surface area contributed by atoms with Crippen LogP contribution in [0.25, 0.3) is 11.1 Å². The summed E-state index contributed by atoms with van der Waals surface area (Å²) in [6, 6.07) is 3.31. The molecule has 0 atom stereocenters. The number of halogens is 6. The number of hydrogen-bond acceptors (Lipinski definition) is 2. The molecule has 0 aliphatic rings. The topological polar surface area (TPSA) is 38.9 Å². The van der Waals surface area contributed by atoms with E-state index in [1.54, 1.807) is 0 Å². The smallest absolute Gasteiger partial charge is 0.383 e. The summed E-state index contributed by atoms with van der Waals surface area (Å²) < 4.78 is 39.1. The lowest BCUT2D eigenvalue weighted by Gasteiger charge is -2.16. The molecule has 2 N–H and O–H groups in total. The van der Waals surface area contributed by atoms with E-state index >= 15 is 0 Å². The highest BCUT2D eigenvalue weighted by Crippen LogP contribution is 2.43. The van der Waals surface area contributed by atoms with Gasteiger partial charge >= 0.3 is 6.18 Å². The molecule has 0 aliphatic heterocycles. The number of nitrogens with zero attached hydrogens (tertiary/aromatic N) is 1. The summed E-state index contributed by atoms with van der Waals surface area (Å²) >= 11 is 17.5. The maximum atomic E-state index is 13.0. The molecule has 0 radical (unpaired) electrons. The number of alkyl halides is 3. The SMILES string of the molecule is Nc1nccc(C(F)(F)F)c1-c1cc(Cl)c(Cl)cc1Cl. The molecule has 0 saturated heterocycles. The fourth-order valence-electron chi connectivity index (χ4n) is 1.71. The van der Waals surface area contributed by atoms with Gasteiger partial charge < -0.3 is 5.73 Å². The Kier molecular flexibility index (Phi) is 4.04. The highest BCUT2D eigenvalue weighted by Gasteiger charge is 2.35. The van der Waals surface area contributed by atoms with E-state index in [1.165, 1.54) is 12.1 Å². The van der Waals surface area contributed by atoms with E-state index in [0.29, 0.717) is 0 Å². The van der Waals surface area contributed by atoms with Crippen LogP contribution < -0.4 is 5.73 Å². The maximum Gasteiger partial charge on any atom is 0.417 e. The van der Waals surface area contributed by atoms with Gasteiger partial charge in [0.2, 0.25) is 0 Å². The standard InChI is InChI=1S/C12H6Cl3F3N2/c13-7-4-9(15)8(14)3-5(7)10-6(12(16,17)18)1-2-20-11(10)19/h1-4H,(H2,19,20). The fourth-order valence-corrected chi connectivity index (χ4v) is 2.35. The van der Waals surface area contributed by atoms with Gasteiger partial charge in [-0.05, 0) is 18.2 Å². The molecule has 1 aromatic heterocycles. The van der Waals surface area contributed by atoms with Gasteiger partial charge in [-0.3, -0.25) is 0 Å². The van der Waals surface area contributed by atoms with Crippen molar-refractivity contribution in [2.75, 3.05) is 5.73 Å². The Morgan fingerprint density at radius 3 is 2.20 bits per heavy atom. The van der Waals surface area contributed by atoms with Crippen molar-refractivity contribution in [2.24, 2.45) is 0 Å². The Labute approximate surface area is 127 Å². The highest BCUT2D eigenvalue weighted by atomic mass is 35.5. The average molecular weight is 342 g/mol. The second kappa shape index (κ2) is 5.31. The lowest BCUT2D eigenvalue weighted by Crippen LogP contribution is -2.10. The first-order valence-electron chi connectivity index (χ1n) is 5.18. The minimum absolute atomic E-state index is 0.00426. The molecule has 1 aromatic carbocycles. The minimum Gasteiger partial charge on any atom is -0.383 e. The molecular formula is C12H6Cl3F3N2. The van der Waals surface area contributed by atoms with E-state index in [4.69, 9.17) is 40.5 Å². The number of rotatable bonds is 1. The molecule has 0 unspecified atom stereocenters. The molecule has 20 heavy (non-hydrogen) atoms. The summed E-state index contributed by atoms with van der Waals surface area (Å²) in [4.78, 5) is 3.67. The van der Waals surface area contributed by atoms with Crippen LogP contribution in [0.4, 0.5) is 19.0 Å². The van der Waals surface area contributed by atoms with E-state index < -0.39 is 11.7 Å². The third kappa shape index (κ3) is 2.80. The zero-order chi connectivity index (χ0) is 15.1. The Balaban J connectivity index is 2.79. The Bertz CT molecular complexity index is 672. The predicted molar refractivity (Wildman–Crippen MR) is 74.1 cm³/mol. The van der Waals surface area contributed by atoms with Gasteiger partial charge in [-0.25, -0.2) is 4.98 Å². The van der Waals surface area contributed by atoms with Crippen molar-refractivity contribution in [3.05, 3.63) is 45.0 Å². The van der Waals surface area contributed by atoms with Crippen molar-refractivity contribution < 1.29 is 13.2 Å². The number of nitrogens with two attached hydrogens (primary N) is 1. The molecule has 0 amide bonds. The summed E-state index contributed by atoms with van der Waals surface area (Å²) in [6.45, 7) is 0. The molecule has 2 rings (SSSR count). The molecule has 1 heterocycles. The van der Waals surface area contributed by atoms with Crippen LogP contribution >= 0.6 is 34.8 Å². The van der Waals surface area contributed by atoms with Gasteiger partial charge in [0.15, 0.2) is 0 Å². The lowest BCUT2D eigenvalue weighted by atomic mass is 10.0. The van der Waals surface area contributed by atoms with E-state index in [9.17, 15) is 13.2 Å². The van der Waals surface area contributed by atoms with Gasteiger partial charge in [0.05, 0.1) is 20.6 Å². The maximum absolute atomic E-state index is 13.0. The number of benzene rings is 1. The summed E-state index contributed by atoms with van der Waals surface area (Å²) in [7, 11) is 0. The molecule has 0 bridgehead atoms. The lowest BCUT2D eigenvalue weighted by molar-refractivity contribution is -0.137. The van der Waals surface area contributed by atoms with Crippen LogP contribution in [-0.4, -0.2) is 4.98 Å². The zero-order valence-electron chi connectivity index (χ0n) is 9.60. The van der Waals surface area contributed by atoms with E-state index in [0.717, 1.165) is 12.3 Å². The molecular weight excluding hydrogens is 335 g/mol. The van der Waals surface area contributed by atoms with Crippen LogP contribution in [-0.2, 0) is 6.18 Å². The Morgan fingerprint density at radius 1 is 1.00 bits per heavy atom. The molecule has 106 valence electrons. The number of aromatic nitrogens is 1. The van der Waals surface area contributed by atoms with Crippen LogP contribution in [0.3, 0.4) is 0 Å². The van der Waals surface area contributed by atoms with E-state index in [1.807, 2.05) is 0 Å². The van der Waals surface area contributed by atoms with Crippen molar-refractivity contribution in [3.8, 4) is 11.1 Å². The zero-order valence-corrected chi connectivity index (χ0v) is 11.9. The fraction of sp³-hybridized carbons (Fsp3) is 0.0833. The molecule has 0 fully saturated rings. The second-order valence-corrected chi connectivity index (χ2v) is 5.08. The molecule has 0 spiro atoms. The molecule has 2 nitrogen and oxygen atoms in total.